The molecule has 0 saturated heterocycles. The van der Waals surface area contributed by atoms with Crippen molar-refractivity contribution in [3.05, 3.63) is 54.4 Å². The topological polar surface area (TPSA) is 84.5 Å². The van der Waals surface area contributed by atoms with Crippen molar-refractivity contribution >= 4 is 24.0 Å². The van der Waals surface area contributed by atoms with Crippen molar-refractivity contribution in [2.75, 3.05) is 13.2 Å². The van der Waals surface area contributed by atoms with E-state index in [4.69, 9.17) is 0 Å². The van der Waals surface area contributed by atoms with Gasteiger partial charge in [-0.15, -0.1) is 6.58 Å². The second-order valence-corrected chi connectivity index (χ2v) is 4.04. The van der Waals surface area contributed by atoms with Gasteiger partial charge in [-0.2, -0.15) is 0 Å². The van der Waals surface area contributed by atoms with E-state index >= 15 is 0 Å². The Bertz CT molecular complexity index is 599. The molecular weight excluding hydrogens is 291 g/mol. The molecule has 7 heteroatoms. The normalized spacial score (nSPS) is 10.0. The van der Waals surface area contributed by atoms with E-state index in [0.717, 1.165) is 6.08 Å². The lowest BCUT2D eigenvalue weighted by Crippen LogP contribution is -2.41. The highest BCUT2D eigenvalue weighted by molar-refractivity contribution is 5.96. The van der Waals surface area contributed by atoms with Crippen LogP contribution in [-0.4, -0.2) is 31.1 Å². The van der Waals surface area contributed by atoms with Crippen LogP contribution < -0.4 is 10.6 Å². The van der Waals surface area contributed by atoms with Crippen LogP contribution in [0.3, 0.4) is 0 Å². The quantitative estimate of drug-likeness (QED) is 0.472. The Balaban J connectivity index is 2.35. The first-order valence-corrected chi connectivity index (χ1v) is 6.30. The molecule has 0 bridgehead atoms. The van der Waals surface area contributed by atoms with Crippen LogP contribution in [0.15, 0.2) is 43.0 Å². The SMILES string of the molecule is C=CCNC(=O)NC(=O)COC(=O)C=Cc1cccc(F)c1. The first-order valence-electron chi connectivity index (χ1n) is 6.30. The highest BCUT2D eigenvalue weighted by atomic mass is 19.1. The van der Waals surface area contributed by atoms with Crippen LogP contribution in [0, 0.1) is 5.82 Å². The number of esters is 1. The molecule has 0 heterocycles. The van der Waals surface area contributed by atoms with Crippen molar-refractivity contribution in [2.24, 2.45) is 0 Å². The second kappa shape index (κ2) is 9.06. The van der Waals surface area contributed by atoms with Crippen molar-refractivity contribution in [1.82, 2.24) is 10.6 Å². The number of benzene rings is 1. The number of urea groups is 1. The Morgan fingerprint density at radius 1 is 1.32 bits per heavy atom. The summed E-state index contributed by atoms with van der Waals surface area (Å²) in [4.78, 5) is 33.8. The van der Waals surface area contributed by atoms with Gasteiger partial charge in [0, 0.05) is 12.6 Å². The molecule has 22 heavy (non-hydrogen) atoms. The van der Waals surface area contributed by atoms with Gasteiger partial charge in [-0.3, -0.25) is 10.1 Å². The Morgan fingerprint density at radius 2 is 2.09 bits per heavy atom. The summed E-state index contributed by atoms with van der Waals surface area (Å²) in [5, 5.41) is 4.29. The monoisotopic (exact) mass is 306 g/mol. The fourth-order valence-electron chi connectivity index (χ4n) is 1.33. The zero-order chi connectivity index (χ0) is 16.4. The van der Waals surface area contributed by atoms with Gasteiger partial charge < -0.3 is 10.1 Å². The van der Waals surface area contributed by atoms with Crippen LogP contribution in [-0.2, 0) is 14.3 Å². The lowest BCUT2D eigenvalue weighted by atomic mass is 10.2. The molecule has 0 spiro atoms. The molecule has 0 atom stereocenters. The van der Waals surface area contributed by atoms with Gasteiger partial charge >= 0.3 is 12.0 Å². The van der Waals surface area contributed by atoms with Crippen LogP contribution in [0.1, 0.15) is 5.56 Å². The van der Waals surface area contributed by atoms with Crippen LogP contribution >= 0.6 is 0 Å². The molecule has 116 valence electrons. The van der Waals surface area contributed by atoms with Crippen LogP contribution in [0.4, 0.5) is 9.18 Å². The average Bonchev–Trinajstić information content (AvgIpc) is 2.49. The number of carbonyl (C=O) groups excluding carboxylic acids is 3. The molecule has 0 radical (unpaired) electrons. The summed E-state index contributed by atoms with van der Waals surface area (Å²) in [7, 11) is 0. The molecule has 6 nitrogen and oxygen atoms in total. The van der Waals surface area contributed by atoms with Gasteiger partial charge in [0.25, 0.3) is 5.91 Å². The Morgan fingerprint density at radius 3 is 2.77 bits per heavy atom. The van der Waals surface area contributed by atoms with Gasteiger partial charge in [0.15, 0.2) is 6.61 Å². The lowest BCUT2D eigenvalue weighted by molar-refractivity contribution is -0.143. The van der Waals surface area contributed by atoms with Crippen LogP contribution in [0.25, 0.3) is 6.08 Å². The van der Waals surface area contributed by atoms with Gasteiger partial charge in [0.2, 0.25) is 0 Å². The molecule has 0 aliphatic carbocycles. The molecule has 0 unspecified atom stereocenters. The van der Waals surface area contributed by atoms with E-state index in [-0.39, 0.29) is 6.54 Å². The van der Waals surface area contributed by atoms with Gasteiger partial charge in [-0.25, -0.2) is 14.0 Å². The summed E-state index contributed by atoms with van der Waals surface area (Å²) < 4.78 is 17.5. The minimum absolute atomic E-state index is 0.204. The summed E-state index contributed by atoms with van der Waals surface area (Å²) in [6, 6.07) is 4.90. The van der Waals surface area contributed by atoms with E-state index in [1.54, 1.807) is 6.07 Å². The number of rotatable bonds is 6. The van der Waals surface area contributed by atoms with E-state index in [1.165, 1.54) is 30.4 Å². The number of hydrogen-bond acceptors (Lipinski definition) is 4. The highest BCUT2D eigenvalue weighted by Crippen LogP contribution is 2.05. The maximum absolute atomic E-state index is 12.9. The van der Waals surface area contributed by atoms with Gasteiger partial charge in [-0.05, 0) is 23.8 Å². The number of imide groups is 1. The summed E-state index contributed by atoms with van der Waals surface area (Å²) in [5.41, 5.74) is 0.477. The largest absolute Gasteiger partial charge is 0.452 e. The predicted octanol–water partition coefficient (Wildman–Crippen LogP) is 1.39. The third kappa shape index (κ3) is 6.99. The number of amides is 3. The first kappa shape index (κ1) is 17.1. The van der Waals surface area contributed by atoms with Gasteiger partial charge in [0.05, 0.1) is 0 Å². The number of nitrogens with one attached hydrogen (secondary N) is 2. The van der Waals surface area contributed by atoms with Gasteiger partial charge in [-0.1, -0.05) is 18.2 Å². The van der Waals surface area contributed by atoms with Crippen molar-refractivity contribution in [2.45, 2.75) is 0 Å². The predicted molar refractivity (Wildman–Crippen MR) is 78.1 cm³/mol. The maximum Gasteiger partial charge on any atom is 0.331 e. The molecule has 1 aromatic rings. The Hall–Kier alpha value is -2.96. The lowest BCUT2D eigenvalue weighted by Gasteiger charge is -2.04. The molecule has 0 saturated carbocycles. The van der Waals surface area contributed by atoms with E-state index in [9.17, 15) is 18.8 Å². The first-order chi connectivity index (χ1) is 10.5. The van der Waals surface area contributed by atoms with E-state index < -0.39 is 30.3 Å². The molecule has 1 rings (SSSR count). The fraction of sp³-hybridized carbons (Fsp3) is 0.133. The molecule has 0 aliphatic rings. The Kier molecular flexibility index (Phi) is 7.04. The molecule has 2 N–H and O–H groups in total. The third-order valence-corrected chi connectivity index (χ3v) is 2.27. The van der Waals surface area contributed by atoms with Gasteiger partial charge in [0.1, 0.15) is 5.82 Å². The van der Waals surface area contributed by atoms with Crippen molar-refractivity contribution in [1.29, 1.82) is 0 Å². The minimum Gasteiger partial charge on any atom is -0.452 e. The molecular formula is C15H15FN2O4. The molecule has 0 fully saturated rings. The van der Waals surface area contributed by atoms with Crippen molar-refractivity contribution < 1.29 is 23.5 Å². The zero-order valence-corrected chi connectivity index (χ0v) is 11.7. The Labute approximate surface area is 126 Å². The van der Waals surface area contributed by atoms with E-state index in [1.807, 2.05) is 5.32 Å². The molecule has 3 amide bonds. The van der Waals surface area contributed by atoms with Crippen LogP contribution in [0.2, 0.25) is 0 Å². The number of carbonyl (C=O) groups is 3. The van der Waals surface area contributed by atoms with E-state index in [0.29, 0.717) is 5.56 Å². The maximum atomic E-state index is 12.9. The standard InChI is InChI=1S/C15H15FN2O4/c1-2-8-17-15(21)18-13(19)10-22-14(20)7-6-11-4-3-5-12(16)9-11/h2-7,9H,1,8,10H2,(H2,17,18,19,21). The van der Waals surface area contributed by atoms with Crippen molar-refractivity contribution in [3.8, 4) is 0 Å². The second-order valence-electron chi connectivity index (χ2n) is 4.04. The van der Waals surface area contributed by atoms with Crippen molar-refractivity contribution in [3.63, 3.8) is 0 Å². The molecule has 0 aromatic heterocycles. The summed E-state index contributed by atoms with van der Waals surface area (Å²) in [6.45, 7) is 2.99. The molecule has 1 aromatic carbocycles. The summed E-state index contributed by atoms with van der Waals surface area (Å²) in [5.74, 6) is -1.99. The minimum atomic E-state index is -0.786. The van der Waals surface area contributed by atoms with E-state index in [2.05, 4.69) is 16.6 Å². The third-order valence-electron chi connectivity index (χ3n) is 2.27. The number of halogens is 1. The zero-order valence-electron chi connectivity index (χ0n) is 11.7. The fourth-order valence-corrected chi connectivity index (χ4v) is 1.33. The summed E-state index contributed by atoms with van der Waals surface area (Å²) >= 11 is 0. The smallest absolute Gasteiger partial charge is 0.331 e. The average molecular weight is 306 g/mol. The summed E-state index contributed by atoms with van der Waals surface area (Å²) in [6.07, 6.45) is 3.85. The number of ether oxygens (including phenoxy) is 1. The highest BCUT2D eigenvalue weighted by Gasteiger charge is 2.08. The number of hydrogen-bond donors (Lipinski definition) is 2. The van der Waals surface area contributed by atoms with Crippen LogP contribution in [0.5, 0.6) is 0 Å². The molecule has 0 aliphatic heterocycles.